The minimum Gasteiger partial charge on any atom is -0.461 e. The molecule has 0 bridgehead atoms. The van der Waals surface area contributed by atoms with Crippen LogP contribution in [0.1, 0.15) is 44.6 Å². The van der Waals surface area contributed by atoms with Crippen LogP contribution in [0, 0.1) is 5.41 Å². The third-order valence-electron chi connectivity index (χ3n) is 3.82. The highest BCUT2D eigenvalue weighted by Crippen LogP contribution is 2.47. The van der Waals surface area contributed by atoms with E-state index in [1.807, 2.05) is 0 Å². The highest BCUT2D eigenvalue weighted by atomic mass is 32.1. The van der Waals surface area contributed by atoms with Gasteiger partial charge in [-0.15, -0.1) is 11.3 Å². The molecule has 26 heavy (non-hydrogen) atoms. The van der Waals surface area contributed by atoms with Gasteiger partial charge in [0, 0.05) is 22.9 Å². The van der Waals surface area contributed by atoms with Gasteiger partial charge in [0.15, 0.2) is 5.69 Å². The average Bonchev–Trinajstić information content (AvgIpc) is 3.11. The molecule has 0 saturated heterocycles. The molecule has 6 nitrogen and oxygen atoms in total. The summed E-state index contributed by atoms with van der Waals surface area (Å²) in [6.07, 6.45) is -4.91. The highest BCUT2D eigenvalue weighted by Gasteiger charge is 2.67. The summed E-state index contributed by atoms with van der Waals surface area (Å²) in [6, 6.07) is 0. The van der Waals surface area contributed by atoms with Gasteiger partial charge in [-0.1, -0.05) is 20.8 Å². The molecule has 0 fully saturated rings. The van der Waals surface area contributed by atoms with Crippen LogP contribution < -0.4 is 5.01 Å². The van der Waals surface area contributed by atoms with Gasteiger partial charge in [-0.2, -0.15) is 13.9 Å². The van der Waals surface area contributed by atoms with E-state index >= 15 is 0 Å². The van der Waals surface area contributed by atoms with Crippen LogP contribution in [0.3, 0.4) is 0 Å². The number of ether oxygens (including phenoxy) is 1. The Morgan fingerprint density at radius 2 is 2.08 bits per heavy atom. The van der Waals surface area contributed by atoms with Gasteiger partial charge in [-0.05, 0) is 6.92 Å². The number of carbonyl (C=O) groups excluding carboxylic acids is 1. The van der Waals surface area contributed by atoms with Crippen molar-refractivity contribution < 1.29 is 32.2 Å². The number of thiazole rings is 1. The molecule has 0 aliphatic carbocycles. The third-order valence-corrected chi connectivity index (χ3v) is 4.63. The number of rotatable bonds is 5. The summed E-state index contributed by atoms with van der Waals surface area (Å²) in [6.45, 7) is 6.62. The molecule has 1 unspecified atom stereocenters. The lowest BCUT2D eigenvalue weighted by molar-refractivity contribution is -0.237. The van der Waals surface area contributed by atoms with Gasteiger partial charge in [-0.3, -0.25) is 0 Å². The lowest BCUT2D eigenvalue weighted by Crippen LogP contribution is -2.60. The van der Waals surface area contributed by atoms with Crippen LogP contribution in [-0.2, 0) is 4.74 Å². The maximum atomic E-state index is 14.2. The first-order valence-electron chi connectivity index (χ1n) is 7.73. The number of halogens is 4. The minimum atomic E-state index is -4.78. The first-order chi connectivity index (χ1) is 11.8. The van der Waals surface area contributed by atoms with Gasteiger partial charge < -0.3 is 9.84 Å². The predicted molar refractivity (Wildman–Crippen MR) is 88.0 cm³/mol. The Morgan fingerprint density at radius 3 is 2.58 bits per heavy atom. The number of nitrogens with zero attached hydrogens (tertiary/aromatic N) is 3. The molecule has 1 aliphatic heterocycles. The van der Waals surface area contributed by atoms with Crippen LogP contribution in [0.4, 0.5) is 22.7 Å². The Hall–Kier alpha value is -1.75. The molecule has 0 spiro atoms. The molecule has 0 aromatic carbocycles. The molecule has 1 N–H and O–H groups in total. The van der Waals surface area contributed by atoms with Crippen molar-refractivity contribution in [1.29, 1.82) is 0 Å². The number of aliphatic hydroxyl groups is 1. The van der Waals surface area contributed by atoms with Gasteiger partial charge in [-0.25, -0.2) is 23.6 Å². The summed E-state index contributed by atoms with van der Waals surface area (Å²) in [5, 5.41) is 15.7. The SMILES string of the molecule is CCOC(=O)c1csc(N2N=C(C(C)(C)C)CC2(O)C(F)(F)C(F)F)n1. The maximum absolute atomic E-state index is 14.2. The number of aromatic nitrogens is 1. The molecule has 0 saturated carbocycles. The molecule has 0 radical (unpaired) electrons. The maximum Gasteiger partial charge on any atom is 0.357 e. The van der Waals surface area contributed by atoms with E-state index in [2.05, 4.69) is 10.1 Å². The van der Waals surface area contributed by atoms with E-state index in [-0.39, 0.29) is 23.1 Å². The summed E-state index contributed by atoms with van der Waals surface area (Å²) in [7, 11) is 0. The quantitative estimate of drug-likeness (QED) is 0.608. The summed E-state index contributed by atoms with van der Waals surface area (Å²) in [5.41, 5.74) is -4.13. The number of anilines is 1. The summed E-state index contributed by atoms with van der Waals surface area (Å²) < 4.78 is 59.1. The third kappa shape index (κ3) is 3.41. The van der Waals surface area contributed by atoms with E-state index in [0.717, 1.165) is 0 Å². The monoisotopic (exact) mass is 397 g/mol. The Balaban J connectivity index is 2.50. The van der Waals surface area contributed by atoms with Crippen LogP contribution in [-0.4, -0.2) is 46.5 Å². The highest BCUT2D eigenvalue weighted by molar-refractivity contribution is 7.14. The van der Waals surface area contributed by atoms with Gasteiger partial charge in [0.05, 0.1) is 6.61 Å². The molecule has 1 aliphatic rings. The number of alkyl halides is 4. The van der Waals surface area contributed by atoms with Gasteiger partial charge in [0.2, 0.25) is 10.9 Å². The molecule has 1 aromatic heterocycles. The van der Waals surface area contributed by atoms with Gasteiger partial charge in [0.25, 0.3) is 0 Å². The van der Waals surface area contributed by atoms with Crippen molar-refractivity contribution in [3.8, 4) is 0 Å². The molecule has 1 aromatic rings. The van der Waals surface area contributed by atoms with Crippen molar-refractivity contribution in [3.05, 3.63) is 11.1 Å². The minimum absolute atomic E-state index is 0.0785. The zero-order valence-corrected chi connectivity index (χ0v) is 15.4. The molecule has 0 amide bonds. The van der Waals surface area contributed by atoms with E-state index < -0.39 is 35.9 Å². The van der Waals surface area contributed by atoms with Crippen molar-refractivity contribution in [2.45, 2.75) is 52.2 Å². The van der Waals surface area contributed by atoms with E-state index in [4.69, 9.17) is 4.74 Å². The summed E-state index contributed by atoms with van der Waals surface area (Å²) in [5.74, 6) is -5.57. The smallest absolute Gasteiger partial charge is 0.357 e. The topological polar surface area (TPSA) is 75.0 Å². The first-order valence-corrected chi connectivity index (χ1v) is 8.61. The van der Waals surface area contributed by atoms with Crippen molar-refractivity contribution in [1.82, 2.24) is 4.98 Å². The molecular weight excluding hydrogens is 378 g/mol. The second-order valence-corrected chi connectivity index (χ2v) is 7.60. The van der Waals surface area contributed by atoms with Crippen LogP contribution in [0.15, 0.2) is 10.5 Å². The van der Waals surface area contributed by atoms with Crippen molar-refractivity contribution in [2.24, 2.45) is 10.5 Å². The number of carbonyl (C=O) groups is 1. The normalized spacial score (nSPS) is 21.3. The standard InChI is InChI=1S/C15H19F4N3O3S/c1-5-25-10(23)8-7-26-12(20-8)22-14(24,15(18,19)11(16)17)6-9(21-22)13(2,3)4/h7,11,24H,5-6H2,1-4H3. The Bertz CT molecular complexity index is 717. The largest absolute Gasteiger partial charge is 0.461 e. The zero-order valence-electron chi connectivity index (χ0n) is 14.6. The average molecular weight is 397 g/mol. The van der Waals surface area contributed by atoms with Crippen LogP contribution in [0.5, 0.6) is 0 Å². The molecule has 2 rings (SSSR count). The summed E-state index contributed by atoms with van der Waals surface area (Å²) >= 11 is 0.712. The number of hydrazone groups is 1. The van der Waals surface area contributed by atoms with Gasteiger partial charge >= 0.3 is 18.3 Å². The summed E-state index contributed by atoms with van der Waals surface area (Å²) in [4.78, 5) is 15.5. The molecule has 2 heterocycles. The predicted octanol–water partition coefficient (Wildman–Crippen LogP) is 3.52. The van der Waals surface area contributed by atoms with E-state index in [1.54, 1.807) is 27.7 Å². The van der Waals surface area contributed by atoms with Crippen molar-refractivity contribution >= 4 is 28.1 Å². The first kappa shape index (κ1) is 20.6. The molecule has 11 heteroatoms. The molecule has 1 atom stereocenters. The van der Waals surface area contributed by atoms with Crippen molar-refractivity contribution in [2.75, 3.05) is 11.6 Å². The fourth-order valence-electron chi connectivity index (χ4n) is 2.26. The zero-order chi connectivity index (χ0) is 19.9. The van der Waals surface area contributed by atoms with E-state index in [0.29, 0.717) is 16.3 Å². The fourth-order valence-corrected chi connectivity index (χ4v) is 3.07. The Kier molecular flexibility index (Phi) is 5.35. The number of hydrogen-bond donors (Lipinski definition) is 1. The fraction of sp³-hybridized carbons (Fsp3) is 0.667. The second-order valence-electron chi connectivity index (χ2n) is 6.76. The van der Waals surface area contributed by atoms with Crippen LogP contribution in [0.25, 0.3) is 0 Å². The molecule has 146 valence electrons. The van der Waals surface area contributed by atoms with Crippen molar-refractivity contribution in [3.63, 3.8) is 0 Å². The molecular formula is C15H19F4N3O3S. The Morgan fingerprint density at radius 1 is 1.46 bits per heavy atom. The van der Waals surface area contributed by atoms with E-state index in [9.17, 15) is 27.5 Å². The van der Waals surface area contributed by atoms with E-state index in [1.165, 1.54) is 5.38 Å². The Labute approximate surface area is 151 Å². The lowest BCUT2D eigenvalue weighted by atomic mass is 9.84. The van der Waals surface area contributed by atoms with Crippen LogP contribution in [0.2, 0.25) is 0 Å². The van der Waals surface area contributed by atoms with Crippen LogP contribution >= 0.6 is 11.3 Å². The van der Waals surface area contributed by atoms with Gasteiger partial charge in [0.1, 0.15) is 0 Å². The second kappa shape index (κ2) is 6.76. The number of esters is 1. The number of hydrogen-bond acceptors (Lipinski definition) is 7. The lowest BCUT2D eigenvalue weighted by Gasteiger charge is -2.36.